The van der Waals surface area contributed by atoms with Crippen LogP contribution in [0, 0.1) is 5.92 Å². The standard InChI is InChI=1S/C18H21BrO/c1-20-17-10-9-14-11-16(8-7-15(14)12-17)18(19)13-5-3-2-4-6-13/h7-13,18H,2-6H2,1H3. The van der Waals surface area contributed by atoms with E-state index >= 15 is 0 Å². The van der Waals surface area contributed by atoms with E-state index in [1.807, 2.05) is 6.07 Å². The Bertz CT molecular complexity index is 587. The zero-order chi connectivity index (χ0) is 13.9. The quantitative estimate of drug-likeness (QED) is 0.639. The van der Waals surface area contributed by atoms with Crippen molar-refractivity contribution in [1.29, 1.82) is 0 Å². The molecule has 0 bridgehead atoms. The van der Waals surface area contributed by atoms with Gasteiger partial charge in [0.25, 0.3) is 0 Å². The molecule has 1 atom stereocenters. The summed E-state index contributed by atoms with van der Waals surface area (Å²) in [6.45, 7) is 0. The summed E-state index contributed by atoms with van der Waals surface area (Å²) in [6.07, 6.45) is 6.90. The van der Waals surface area contributed by atoms with Crippen LogP contribution in [-0.4, -0.2) is 7.11 Å². The lowest BCUT2D eigenvalue weighted by Gasteiger charge is -2.26. The van der Waals surface area contributed by atoms with Crippen LogP contribution in [0.5, 0.6) is 5.75 Å². The van der Waals surface area contributed by atoms with E-state index in [0.29, 0.717) is 4.83 Å². The highest BCUT2D eigenvalue weighted by atomic mass is 79.9. The van der Waals surface area contributed by atoms with Crippen molar-refractivity contribution in [2.24, 2.45) is 5.92 Å². The number of ether oxygens (including phenoxy) is 1. The zero-order valence-corrected chi connectivity index (χ0v) is 13.5. The molecule has 0 aromatic heterocycles. The lowest BCUT2D eigenvalue weighted by molar-refractivity contribution is 0.355. The van der Waals surface area contributed by atoms with Gasteiger partial charge in [-0.15, -0.1) is 0 Å². The fourth-order valence-electron chi connectivity index (χ4n) is 3.24. The average Bonchev–Trinajstić information content (AvgIpc) is 2.54. The number of benzene rings is 2. The summed E-state index contributed by atoms with van der Waals surface area (Å²) < 4.78 is 5.29. The third kappa shape index (κ3) is 2.85. The Kier molecular flexibility index (Phi) is 4.30. The Morgan fingerprint density at radius 3 is 2.45 bits per heavy atom. The van der Waals surface area contributed by atoms with Gasteiger partial charge in [-0.1, -0.05) is 59.5 Å². The molecule has 0 heterocycles. The molecule has 2 aromatic carbocycles. The number of hydrogen-bond donors (Lipinski definition) is 0. The molecule has 1 unspecified atom stereocenters. The molecule has 0 N–H and O–H groups in total. The predicted molar refractivity (Wildman–Crippen MR) is 88.7 cm³/mol. The zero-order valence-electron chi connectivity index (χ0n) is 11.9. The van der Waals surface area contributed by atoms with Crippen LogP contribution >= 0.6 is 15.9 Å². The highest BCUT2D eigenvalue weighted by Crippen LogP contribution is 2.40. The van der Waals surface area contributed by atoms with Crippen LogP contribution < -0.4 is 4.74 Å². The van der Waals surface area contributed by atoms with E-state index in [4.69, 9.17) is 4.74 Å². The van der Waals surface area contributed by atoms with Crippen LogP contribution in [0.3, 0.4) is 0 Å². The molecule has 20 heavy (non-hydrogen) atoms. The summed E-state index contributed by atoms with van der Waals surface area (Å²) in [6, 6.07) is 13.1. The Balaban J connectivity index is 1.88. The van der Waals surface area contributed by atoms with Crippen molar-refractivity contribution in [1.82, 2.24) is 0 Å². The van der Waals surface area contributed by atoms with Crippen molar-refractivity contribution in [3.05, 3.63) is 42.0 Å². The Morgan fingerprint density at radius 1 is 1.00 bits per heavy atom. The van der Waals surface area contributed by atoms with Crippen molar-refractivity contribution in [3.8, 4) is 5.75 Å². The largest absolute Gasteiger partial charge is 0.497 e. The minimum atomic E-state index is 0.495. The van der Waals surface area contributed by atoms with Gasteiger partial charge in [-0.3, -0.25) is 0 Å². The van der Waals surface area contributed by atoms with Crippen LogP contribution in [0.2, 0.25) is 0 Å². The first-order chi connectivity index (χ1) is 9.78. The van der Waals surface area contributed by atoms with Crippen LogP contribution in [-0.2, 0) is 0 Å². The summed E-state index contributed by atoms with van der Waals surface area (Å²) in [5.74, 6) is 1.72. The average molecular weight is 333 g/mol. The van der Waals surface area contributed by atoms with Crippen LogP contribution in [0.15, 0.2) is 36.4 Å². The Hall–Kier alpha value is -1.02. The first-order valence-corrected chi connectivity index (χ1v) is 8.41. The number of rotatable bonds is 3. The number of fused-ring (bicyclic) bond motifs is 1. The topological polar surface area (TPSA) is 9.23 Å². The minimum Gasteiger partial charge on any atom is -0.497 e. The monoisotopic (exact) mass is 332 g/mol. The molecule has 0 amide bonds. The van der Waals surface area contributed by atoms with Crippen molar-refractivity contribution in [2.45, 2.75) is 36.9 Å². The normalized spacial score (nSPS) is 18.1. The molecule has 1 aliphatic carbocycles. The van der Waals surface area contributed by atoms with Crippen molar-refractivity contribution < 1.29 is 4.74 Å². The molecule has 106 valence electrons. The van der Waals surface area contributed by atoms with Gasteiger partial charge >= 0.3 is 0 Å². The molecule has 0 radical (unpaired) electrons. The predicted octanol–water partition coefficient (Wildman–Crippen LogP) is 5.86. The highest BCUT2D eigenvalue weighted by molar-refractivity contribution is 9.09. The van der Waals surface area contributed by atoms with Crippen LogP contribution in [0.25, 0.3) is 10.8 Å². The smallest absolute Gasteiger partial charge is 0.119 e. The van der Waals surface area contributed by atoms with E-state index < -0.39 is 0 Å². The second-order valence-electron chi connectivity index (χ2n) is 5.77. The number of alkyl halides is 1. The van der Waals surface area contributed by atoms with Gasteiger partial charge in [-0.25, -0.2) is 0 Å². The fourth-order valence-corrected chi connectivity index (χ4v) is 4.05. The van der Waals surface area contributed by atoms with Gasteiger partial charge in [-0.05, 0) is 47.2 Å². The Labute approximate surface area is 129 Å². The minimum absolute atomic E-state index is 0.495. The summed E-state index contributed by atoms with van der Waals surface area (Å²) in [5, 5.41) is 2.54. The molecule has 0 aliphatic heterocycles. The molecule has 0 spiro atoms. The molecule has 2 heteroatoms. The maximum atomic E-state index is 5.29. The fraction of sp³-hybridized carbons (Fsp3) is 0.444. The number of methoxy groups -OCH3 is 1. The van der Waals surface area contributed by atoms with E-state index in [-0.39, 0.29) is 0 Å². The van der Waals surface area contributed by atoms with E-state index in [1.165, 1.54) is 48.4 Å². The van der Waals surface area contributed by atoms with E-state index in [1.54, 1.807) is 7.11 Å². The SMILES string of the molecule is COc1ccc2cc(C(Br)C3CCCCC3)ccc2c1. The lowest BCUT2D eigenvalue weighted by Crippen LogP contribution is -2.11. The summed E-state index contributed by atoms with van der Waals surface area (Å²) in [7, 11) is 1.72. The summed E-state index contributed by atoms with van der Waals surface area (Å²) in [4.78, 5) is 0.495. The first kappa shape index (κ1) is 13.9. The van der Waals surface area contributed by atoms with Gasteiger partial charge in [0.05, 0.1) is 7.11 Å². The van der Waals surface area contributed by atoms with E-state index in [2.05, 4.69) is 46.3 Å². The number of hydrogen-bond acceptors (Lipinski definition) is 1. The van der Waals surface area contributed by atoms with Crippen molar-refractivity contribution in [2.75, 3.05) is 7.11 Å². The molecular weight excluding hydrogens is 312 g/mol. The third-order valence-corrected chi connectivity index (χ3v) is 5.73. The maximum Gasteiger partial charge on any atom is 0.119 e. The molecular formula is C18H21BrO. The lowest BCUT2D eigenvalue weighted by atomic mass is 9.84. The van der Waals surface area contributed by atoms with E-state index in [0.717, 1.165) is 11.7 Å². The van der Waals surface area contributed by atoms with Gasteiger partial charge in [0.15, 0.2) is 0 Å². The summed E-state index contributed by atoms with van der Waals surface area (Å²) >= 11 is 3.94. The number of halogens is 1. The molecule has 0 saturated heterocycles. The third-order valence-electron chi connectivity index (χ3n) is 4.45. The maximum absolute atomic E-state index is 5.29. The molecule has 1 fully saturated rings. The summed E-state index contributed by atoms with van der Waals surface area (Å²) in [5.41, 5.74) is 1.41. The molecule has 1 aliphatic rings. The van der Waals surface area contributed by atoms with Gasteiger partial charge in [0.1, 0.15) is 5.75 Å². The van der Waals surface area contributed by atoms with Gasteiger partial charge < -0.3 is 4.74 Å². The molecule has 1 saturated carbocycles. The molecule has 3 rings (SSSR count). The van der Waals surface area contributed by atoms with Crippen molar-refractivity contribution in [3.63, 3.8) is 0 Å². The first-order valence-electron chi connectivity index (χ1n) is 7.50. The second-order valence-corrected chi connectivity index (χ2v) is 6.76. The van der Waals surface area contributed by atoms with Gasteiger partial charge in [-0.2, -0.15) is 0 Å². The van der Waals surface area contributed by atoms with Crippen molar-refractivity contribution >= 4 is 26.7 Å². The van der Waals surface area contributed by atoms with Crippen LogP contribution in [0.1, 0.15) is 42.5 Å². The van der Waals surface area contributed by atoms with Gasteiger partial charge in [0.2, 0.25) is 0 Å². The van der Waals surface area contributed by atoms with Crippen LogP contribution in [0.4, 0.5) is 0 Å². The molecule has 2 aromatic rings. The highest BCUT2D eigenvalue weighted by Gasteiger charge is 2.22. The Morgan fingerprint density at radius 2 is 1.70 bits per heavy atom. The van der Waals surface area contributed by atoms with E-state index in [9.17, 15) is 0 Å². The second kappa shape index (κ2) is 6.17. The molecule has 1 nitrogen and oxygen atoms in total. The van der Waals surface area contributed by atoms with Gasteiger partial charge in [0, 0.05) is 4.83 Å².